The first-order valence-corrected chi connectivity index (χ1v) is 6.52. The summed E-state index contributed by atoms with van der Waals surface area (Å²) < 4.78 is 0. The van der Waals surface area contributed by atoms with Crippen molar-refractivity contribution in [2.45, 2.75) is 51.2 Å². The first-order chi connectivity index (χ1) is 7.97. The van der Waals surface area contributed by atoms with Crippen LogP contribution >= 0.6 is 0 Å². The molecule has 2 atom stereocenters. The summed E-state index contributed by atoms with van der Waals surface area (Å²) in [6, 6.07) is 9.07. The minimum Gasteiger partial charge on any atom is -0.389 e. The molecule has 2 nitrogen and oxygen atoms in total. The molecule has 2 N–H and O–H groups in total. The Labute approximate surface area is 104 Å². The highest BCUT2D eigenvalue weighted by Crippen LogP contribution is 2.36. The normalized spacial score (nSPS) is 24.5. The van der Waals surface area contributed by atoms with Gasteiger partial charge >= 0.3 is 0 Å². The van der Waals surface area contributed by atoms with Gasteiger partial charge in [0.05, 0.1) is 5.60 Å². The third-order valence-electron chi connectivity index (χ3n) is 3.57. The number of aliphatic hydroxyl groups is 1. The Morgan fingerprint density at radius 3 is 2.53 bits per heavy atom. The topological polar surface area (TPSA) is 32.3 Å². The van der Waals surface area contributed by atoms with E-state index in [0.717, 1.165) is 6.42 Å². The molecule has 1 aromatic carbocycles. The molecule has 1 aliphatic carbocycles. The zero-order chi connectivity index (χ0) is 12.5. The van der Waals surface area contributed by atoms with Gasteiger partial charge in [-0.1, -0.05) is 31.2 Å². The van der Waals surface area contributed by atoms with Crippen molar-refractivity contribution >= 4 is 0 Å². The first-order valence-electron chi connectivity index (χ1n) is 6.52. The second-order valence-corrected chi connectivity index (χ2v) is 5.85. The van der Waals surface area contributed by atoms with E-state index in [0.29, 0.717) is 18.5 Å². The molecule has 0 radical (unpaired) electrons. The first kappa shape index (κ1) is 12.6. The number of hydrogen-bond acceptors (Lipinski definition) is 2. The average Bonchev–Trinajstić information content (AvgIpc) is 2.27. The zero-order valence-electron chi connectivity index (χ0n) is 11.0. The molecule has 1 aromatic rings. The third-order valence-corrected chi connectivity index (χ3v) is 3.57. The molecule has 0 spiro atoms. The van der Waals surface area contributed by atoms with Crippen molar-refractivity contribution in [1.29, 1.82) is 0 Å². The van der Waals surface area contributed by atoms with E-state index in [4.69, 9.17) is 0 Å². The van der Waals surface area contributed by atoms with Crippen molar-refractivity contribution in [3.63, 3.8) is 0 Å². The van der Waals surface area contributed by atoms with Crippen LogP contribution in [0.4, 0.5) is 0 Å². The number of nitrogens with one attached hydrogen (secondary N) is 1. The summed E-state index contributed by atoms with van der Waals surface area (Å²) >= 11 is 0. The van der Waals surface area contributed by atoms with Crippen molar-refractivity contribution < 1.29 is 5.11 Å². The van der Waals surface area contributed by atoms with Gasteiger partial charge in [-0.15, -0.1) is 0 Å². The monoisotopic (exact) mass is 233 g/mol. The predicted molar refractivity (Wildman–Crippen MR) is 71.1 cm³/mol. The van der Waals surface area contributed by atoms with E-state index in [9.17, 15) is 5.11 Å². The molecule has 2 unspecified atom stereocenters. The molecule has 0 aliphatic heterocycles. The quantitative estimate of drug-likeness (QED) is 0.841. The number of rotatable bonds is 3. The minimum atomic E-state index is -0.641. The van der Waals surface area contributed by atoms with E-state index in [1.807, 2.05) is 13.8 Å². The lowest BCUT2D eigenvalue weighted by Gasteiger charge is -2.32. The molecule has 0 saturated heterocycles. The van der Waals surface area contributed by atoms with Crippen LogP contribution in [0.2, 0.25) is 0 Å². The Bertz CT molecular complexity index is 381. The molecule has 0 saturated carbocycles. The summed E-state index contributed by atoms with van der Waals surface area (Å²) in [5.74, 6) is 0.659. The van der Waals surface area contributed by atoms with Gasteiger partial charge in [-0.2, -0.15) is 0 Å². The average molecular weight is 233 g/mol. The molecule has 17 heavy (non-hydrogen) atoms. The lowest BCUT2D eigenvalue weighted by Crippen LogP contribution is -2.38. The maximum absolute atomic E-state index is 9.79. The minimum absolute atomic E-state index is 0.397. The van der Waals surface area contributed by atoms with Gasteiger partial charge in [0.25, 0.3) is 0 Å². The van der Waals surface area contributed by atoms with Crippen molar-refractivity contribution in [3.05, 3.63) is 35.4 Å². The summed E-state index contributed by atoms with van der Waals surface area (Å²) in [5, 5.41) is 13.3. The van der Waals surface area contributed by atoms with Crippen molar-refractivity contribution in [1.82, 2.24) is 5.32 Å². The lowest BCUT2D eigenvalue weighted by molar-refractivity contribution is 0.0754. The Morgan fingerprint density at radius 1 is 1.24 bits per heavy atom. The Hall–Kier alpha value is -0.860. The molecule has 1 aliphatic rings. The molecule has 0 heterocycles. The lowest BCUT2D eigenvalue weighted by atomic mass is 9.81. The highest BCUT2D eigenvalue weighted by molar-refractivity contribution is 5.34. The van der Waals surface area contributed by atoms with E-state index < -0.39 is 5.60 Å². The standard InChI is InChI=1S/C15H23NO/c1-11-8-9-14(16-10-15(2,3)17)13-7-5-4-6-12(11)13/h4-7,11,14,16-17H,8-10H2,1-3H3. The van der Waals surface area contributed by atoms with Crippen LogP contribution < -0.4 is 5.32 Å². The van der Waals surface area contributed by atoms with E-state index >= 15 is 0 Å². The summed E-state index contributed by atoms with van der Waals surface area (Å²) in [6.07, 6.45) is 2.38. The second-order valence-electron chi connectivity index (χ2n) is 5.85. The van der Waals surface area contributed by atoms with E-state index in [1.54, 1.807) is 0 Å². The molecule has 2 heteroatoms. The van der Waals surface area contributed by atoms with Gasteiger partial charge in [-0.25, -0.2) is 0 Å². The maximum Gasteiger partial charge on any atom is 0.0715 e. The molecule has 94 valence electrons. The molecule has 0 amide bonds. The fraction of sp³-hybridized carbons (Fsp3) is 0.600. The highest BCUT2D eigenvalue weighted by atomic mass is 16.3. The molecule has 0 aromatic heterocycles. The Morgan fingerprint density at radius 2 is 1.88 bits per heavy atom. The van der Waals surface area contributed by atoms with Gasteiger partial charge in [0.2, 0.25) is 0 Å². The Kier molecular flexibility index (Phi) is 3.55. The largest absolute Gasteiger partial charge is 0.389 e. The van der Waals surface area contributed by atoms with Gasteiger partial charge < -0.3 is 10.4 Å². The molecule has 0 bridgehead atoms. The van der Waals surface area contributed by atoms with Crippen LogP contribution in [0.25, 0.3) is 0 Å². The van der Waals surface area contributed by atoms with Crippen molar-refractivity contribution in [3.8, 4) is 0 Å². The second kappa shape index (κ2) is 4.79. The summed E-state index contributed by atoms with van der Waals surface area (Å²) in [4.78, 5) is 0. The summed E-state index contributed by atoms with van der Waals surface area (Å²) in [7, 11) is 0. The van der Waals surface area contributed by atoms with E-state index in [2.05, 4.69) is 36.5 Å². The predicted octanol–water partition coefficient (Wildman–Crippen LogP) is 2.99. The zero-order valence-corrected chi connectivity index (χ0v) is 11.0. The third kappa shape index (κ3) is 3.08. The van der Waals surface area contributed by atoms with E-state index in [-0.39, 0.29) is 0 Å². The molecular weight excluding hydrogens is 210 g/mol. The van der Waals surface area contributed by atoms with Crippen LogP contribution in [0, 0.1) is 0 Å². The van der Waals surface area contributed by atoms with Crippen molar-refractivity contribution in [2.24, 2.45) is 0 Å². The van der Waals surface area contributed by atoms with Crippen LogP contribution in [0.15, 0.2) is 24.3 Å². The molecule has 0 fully saturated rings. The van der Waals surface area contributed by atoms with Gasteiger partial charge in [-0.05, 0) is 43.7 Å². The van der Waals surface area contributed by atoms with Gasteiger partial charge in [-0.3, -0.25) is 0 Å². The molecule has 2 rings (SSSR count). The van der Waals surface area contributed by atoms with Crippen molar-refractivity contribution in [2.75, 3.05) is 6.54 Å². The smallest absolute Gasteiger partial charge is 0.0715 e. The van der Waals surface area contributed by atoms with Crippen LogP contribution in [-0.2, 0) is 0 Å². The summed E-state index contributed by atoms with van der Waals surface area (Å²) in [5.41, 5.74) is 2.24. The van der Waals surface area contributed by atoms with Gasteiger partial charge in [0, 0.05) is 12.6 Å². The van der Waals surface area contributed by atoms with Crippen LogP contribution in [-0.4, -0.2) is 17.3 Å². The number of fused-ring (bicyclic) bond motifs is 1. The fourth-order valence-corrected chi connectivity index (χ4v) is 2.59. The van der Waals surface area contributed by atoms with E-state index in [1.165, 1.54) is 17.5 Å². The van der Waals surface area contributed by atoms with Crippen LogP contribution in [0.5, 0.6) is 0 Å². The SMILES string of the molecule is CC1CCC(NCC(C)(C)O)c2ccccc21. The van der Waals surface area contributed by atoms with Gasteiger partial charge in [0.1, 0.15) is 0 Å². The highest BCUT2D eigenvalue weighted by Gasteiger charge is 2.25. The summed E-state index contributed by atoms with van der Waals surface area (Å²) in [6.45, 7) is 6.63. The maximum atomic E-state index is 9.79. The van der Waals surface area contributed by atoms with Gasteiger partial charge in [0.15, 0.2) is 0 Å². The molecular formula is C15H23NO. The van der Waals surface area contributed by atoms with Crippen LogP contribution in [0.3, 0.4) is 0 Å². The fourth-order valence-electron chi connectivity index (χ4n) is 2.59. The number of hydrogen-bond donors (Lipinski definition) is 2. The Balaban J connectivity index is 2.13. The number of benzene rings is 1. The van der Waals surface area contributed by atoms with Crippen LogP contribution in [0.1, 0.15) is 56.7 Å².